The fourth-order valence-corrected chi connectivity index (χ4v) is 14.1. The molecule has 13 N–H and O–H groups in total. The first kappa shape index (κ1) is 69.4. The van der Waals surface area contributed by atoms with Gasteiger partial charge >= 0.3 is 5.97 Å². The maximum absolute atomic E-state index is 11.2. The number of fused-ring (bicyclic) bond motifs is 6. The molecule has 2 unspecified atom stereocenters. The normalized spacial score (nSPS) is 29.2. The highest BCUT2D eigenvalue weighted by Gasteiger charge is 2.47. The van der Waals surface area contributed by atoms with Gasteiger partial charge in [0.15, 0.2) is 0 Å². The van der Waals surface area contributed by atoms with E-state index in [2.05, 4.69) is 22.8 Å². The number of aromatic nitrogens is 1. The molecule has 0 amide bonds. The smallest absolute Gasteiger partial charge is 0.323 e. The minimum absolute atomic E-state index is 0.132. The minimum atomic E-state index is -1.47. The number of aryl methyl sites for hydroxylation is 1. The highest BCUT2D eigenvalue weighted by Crippen LogP contribution is 2.46. The second-order valence-electron chi connectivity index (χ2n) is 25.5. The van der Waals surface area contributed by atoms with Gasteiger partial charge in [-0.3, -0.25) is 4.79 Å². The molecule has 1 saturated carbocycles. The number of halogens is 3. The molecule has 0 bridgehead atoms. The number of nitrogens with zero attached hydrogens (tertiary/aromatic N) is 2. The number of carboxylic acid groups (broad SMARTS) is 1. The number of carboxylic acids is 1. The lowest BCUT2D eigenvalue weighted by atomic mass is 9.90. The van der Waals surface area contributed by atoms with E-state index in [0.29, 0.717) is 94.2 Å². The molecule has 6 aliphatic heterocycles. The van der Waals surface area contributed by atoms with Crippen molar-refractivity contribution in [2.45, 2.75) is 136 Å². The predicted octanol–water partition coefficient (Wildman–Crippen LogP) is 4.84. The zero-order chi connectivity index (χ0) is 68.0. The van der Waals surface area contributed by atoms with Crippen molar-refractivity contribution in [2.75, 3.05) is 44.4 Å². The van der Waals surface area contributed by atoms with Crippen molar-refractivity contribution in [2.24, 2.45) is 13.0 Å². The van der Waals surface area contributed by atoms with Crippen LogP contribution < -0.4 is 19.1 Å². The van der Waals surface area contributed by atoms with Crippen LogP contribution in [0.25, 0.3) is 11.3 Å². The molecule has 25 heteroatoms. The molecule has 1 aromatic heterocycles. The van der Waals surface area contributed by atoms with Crippen LogP contribution in [0.1, 0.15) is 85.9 Å². The summed E-state index contributed by atoms with van der Waals surface area (Å²) in [4.78, 5) is 13.0. The summed E-state index contributed by atoms with van der Waals surface area (Å²) >= 11 is 19.4. The van der Waals surface area contributed by atoms with Gasteiger partial charge in [-0.25, -0.2) is 0 Å². The Balaban J connectivity index is 0.000000138. The third kappa shape index (κ3) is 14.7. The third-order valence-electron chi connectivity index (χ3n) is 18.9. The summed E-state index contributed by atoms with van der Waals surface area (Å²) in [6.45, 7) is -0.140. The molecule has 3 saturated heterocycles. The Bertz CT molecular complexity index is 3930. The quantitative estimate of drug-likeness (QED) is 0.0692. The lowest BCUT2D eigenvalue weighted by Gasteiger charge is -2.40. The van der Waals surface area contributed by atoms with Crippen molar-refractivity contribution < 1.29 is 99.6 Å². The number of aliphatic carboxylic acids is 1. The van der Waals surface area contributed by atoms with E-state index in [1.165, 1.54) is 5.56 Å². The number of hydrogen-bond acceptors (Lipinski definition) is 20. The van der Waals surface area contributed by atoms with Crippen molar-refractivity contribution in [3.8, 4) is 28.5 Å². The van der Waals surface area contributed by atoms with Gasteiger partial charge in [0.05, 0.1) is 37.7 Å². The summed E-state index contributed by atoms with van der Waals surface area (Å²) in [7, 11) is 2.02. The molecule has 96 heavy (non-hydrogen) atoms. The molecule has 7 aliphatic rings. The molecule has 1 aliphatic carbocycles. The summed E-state index contributed by atoms with van der Waals surface area (Å²) in [6.07, 6.45) is -12.0. The number of anilines is 1. The number of hydrogen-bond donors (Lipinski definition) is 13. The van der Waals surface area contributed by atoms with Crippen LogP contribution in [-0.2, 0) is 58.3 Å². The van der Waals surface area contributed by atoms with Crippen LogP contribution in [0.5, 0.6) is 17.2 Å². The van der Waals surface area contributed by atoms with E-state index in [4.69, 9.17) is 63.2 Å². The van der Waals surface area contributed by atoms with Crippen LogP contribution in [0, 0.1) is 5.92 Å². The standard InChI is InChI=1S/C25H26ClNO6.C23H26ClNO8.C23H25ClO6/c1-27-7-6-15-12-32-19-5-2-13(9-17(19)21(15)27)8-16-10-14(3-4-18(16)26)25-24(31)23(30)22(29)20(11-28)33-25;24-15-3-2-13(23-22(31)21(30)20(29)18(11-26)33-23)9-14(15)7-12-1-4-17-16(8-12)25(5-6-32-17)10-19(27)28;24-16-3-2-12(23-22(28)21(27)20(26)19(10-25)30-23)7-13(16)5-11-1-4-17-14(6-11)8-15-9-18(15)29-17/h2-7,9-10,20,22-25,28-31H,8,11-12H2,1H3;1-4,8-9,18,20-23,26,29-31H,5-7,10-11H2,(H,27,28);1-4,6-7,15,18-23,25-28H,5,8-10H2/t20-,22-,23+,24-,25+;18-,20-,21+,22-,23+;15?,18?,19-,20-,21+,22-,23+/m111/s1. The van der Waals surface area contributed by atoms with Gasteiger partial charge in [0.1, 0.15) is 135 Å². The predicted molar refractivity (Wildman–Crippen MR) is 351 cm³/mol. The van der Waals surface area contributed by atoms with E-state index < -0.39 is 117 Å². The maximum Gasteiger partial charge on any atom is 0.323 e. The summed E-state index contributed by atoms with van der Waals surface area (Å²) in [5.74, 6) is 2.15. The Kier molecular flexibility index (Phi) is 21.4. The van der Waals surface area contributed by atoms with Crippen LogP contribution in [0.2, 0.25) is 15.1 Å². The summed E-state index contributed by atoms with van der Waals surface area (Å²) in [5.41, 5.74) is 12.5. The monoisotopic (exact) mass is 1380 g/mol. The molecule has 22 nitrogen and oxygen atoms in total. The molecular formula is C71H77Cl3N2O20. The van der Waals surface area contributed by atoms with Crippen LogP contribution in [-0.4, -0.2) is 196 Å². The minimum Gasteiger partial charge on any atom is -0.490 e. The zero-order valence-corrected chi connectivity index (χ0v) is 54.3. The summed E-state index contributed by atoms with van der Waals surface area (Å²) < 4.78 is 36.6. The number of rotatable bonds is 14. The van der Waals surface area contributed by atoms with E-state index >= 15 is 0 Å². The molecule has 6 aromatic carbocycles. The van der Waals surface area contributed by atoms with Crippen molar-refractivity contribution >= 4 is 46.5 Å². The van der Waals surface area contributed by atoms with E-state index in [0.717, 1.165) is 74.5 Å². The van der Waals surface area contributed by atoms with Gasteiger partial charge in [0.2, 0.25) is 0 Å². The average Bonchev–Trinajstić information content (AvgIpc) is 1.44. The Labute approximate surface area is 567 Å². The fraction of sp³-hybridized carbons (Fsp3) is 0.423. The second-order valence-corrected chi connectivity index (χ2v) is 26.7. The highest BCUT2D eigenvalue weighted by molar-refractivity contribution is 6.32. The molecule has 512 valence electrons. The van der Waals surface area contributed by atoms with Crippen LogP contribution >= 0.6 is 34.8 Å². The van der Waals surface area contributed by atoms with Gasteiger partial charge in [0, 0.05) is 45.4 Å². The van der Waals surface area contributed by atoms with Crippen LogP contribution in [0.15, 0.2) is 121 Å². The average molecular weight is 1380 g/mol. The molecular weight excluding hydrogens is 1310 g/mol. The number of aliphatic hydroxyl groups is 12. The van der Waals surface area contributed by atoms with Gasteiger partial charge in [-0.1, -0.05) is 95.5 Å². The Morgan fingerprint density at radius 3 is 1.45 bits per heavy atom. The second kappa shape index (κ2) is 29.5. The van der Waals surface area contributed by atoms with Crippen LogP contribution in [0.4, 0.5) is 5.69 Å². The van der Waals surface area contributed by atoms with Gasteiger partial charge in [-0.2, -0.15) is 0 Å². The fourth-order valence-electron chi connectivity index (χ4n) is 13.5. The molecule has 17 atom stereocenters. The molecule has 0 radical (unpaired) electrons. The van der Waals surface area contributed by atoms with Crippen molar-refractivity contribution in [1.29, 1.82) is 0 Å². The van der Waals surface area contributed by atoms with E-state index in [1.54, 1.807) is 53.4 Å². The SMILES string of the molecule is Cn1ccc2c1-c1cc(Cc3cc([C@@H]4O[C@H](CO)[C@@H](O)[C@H](O)[C@H]4O)ccc3Cl)ccc1OC2.O=C(O)CN1CCOc2ccc(Cc3cc([C@@H]4O[C@H](CO)[C@@H](O)[C@H](O)[C@H]4O)ccc3Cl)cc21.OC[C@H]1O[C@@H](c2ccc(Cl)c(Cc3ccc4c(c3)CC3CC3O4)c2)[C@H](O)[C@@H](O)[C@@H]1O. The number of ether oxygens (including phenoxy) is 6. The van der Waals surface area contributed by atoms with Crippen LogP contribution in [0.3, 0.4) is 0 Å². The number of carbonyl (C=O) groups is 1. The highest BCUT2D eigenvalue weighted by atomic mass is 35.5. The van der Waals surface area contributed by atoms with Gasteiger partial charge < -0.3 is 104 Å². The Morgan fingerprint density at radius 2 is 0.969 bits per heavy atom. The Hall–Kier alpha value is -6.46. The van der Waals surface area contributed by atoms with E-state index in [1.807, 2.05) is 61.8 Å². The number of aliphatic hydroxyl groups excluding tert-OH is 12. The largest absolute Gasteiger partial charge is 0.490 e. The van der Waals surface area contributed by atoms with E-state index in [-0.39, 0.29) is 6.54 Å². The molecule has 0 spiro atoms. The maximum atomic E-state index is 11.2. The Morgan fingerprint density at radius 1 is 0.510 bits per heavy atom. The molecule has 7 aromatic rings. The zero-order valence-electron chi connectivity index (χ0n) is 52.0. The van der Waals surface area contributed by atoms with Crippen molar-refractivity contribution in [3.63, 3.8) is 0 Å². The van der Waals surface area contributed by atoms with Crippen molar-refractivity contribution in [1.82, 2.24) is 4.57 Å². The van der Waals surface area contributed by atoms with Gasteiger partial charge in [0.25, 0.3) is 0 Å². The van der Waals surface area contributed by atoms with Crippen molar-refractivity contribution in [3.05, 3.63) is 198 Å². The topological polar surface area (TPSA) is 344 Å². The van der Waals surface area contributed by atoms with Gasteiger partial charge in [-0.05, 0) is 142 Å². The molecule has 4 fully saturated rings. The first-order chi connectivity index (χ1) is 46.1. The molecule has 14 rings (SSSR count). The summed E-state index contributed by atoms with van der Waals surface area (Å²) in [6, 6.07) is 35.6. The first-order valence-corrected chi connectivity index (χ1v) is 32.9. The lowest BCUT2D eigenvalue weighted by molar-refractivity contribution is -0.231. The number of benzene rings is 6. The summed E-state index contributed by atoms with van der Waals surface area (Å²) in [5, 5.41) is 131. The lowest BCUT2D eigenvalue weighted by Crippen LogP contribution is -2.55. The molecule has 7 heterocycles. The van der Waals surface area contributed by atoms with E-state index in [9.17, 15) is 71.2 Å². The first-order valence-electron chi connectivity index (χ1n) is 31.8. The van der Waals surface area contributed by atoms with Gasteiger partial charge in [-0.15, -0.1) is 0 Å². The third-order valence-corrected chi connectivity index (χ3v) is 20.1.